The minimum atomic E-state index is -0.644. The lowest BCUT2D eigenvalue weighted by atomic mass is 9.73. The van der Waals surface area contributed by atoms with Crippen LogP contribution in [-0.2, 0) is 0 Å². The standard InChI is InChI=1S/C30H37N5O3/c36-27-12-13-33(30(38)32-27)28-29(37)35(26-11-4-3-10-25(26)31-28)24-17-21-8-5-9-22(18-24)34(21)23-15-19-6-1-2-7-20(14-19)16-23/h3-4,10-13,19-24H,1-2,5-9,14-18H2,(H,32,36,38). The van der Waals surface area contributed by atoms with Crippen LogP contribution in [0.2, 0.25) is 0 Å². The number of aromatic amines is 1. The van der Waals surface area contributed by atoms with E-state index < -0.39 is 11.2 Å². The van der Waals surface area contributed by atoms with E-state index in [1.54, 1.807) is 0 Å². The smallest absolute Gasteiger partial charge is 0.300 e. The molecule has 4 aliphatic rings. The quantitative estimate of drug-likeness (QED) is 0.566. The molecule has 1 N–H and O–H groups in total. The van der Waals surface area contributed by atoms with E-state index in [0.29, 0.717) is 23.6 Å². The Balaban J connectivity index is 1.27. The normalized spacial score (nSPS) is 31.7. The number of nitrogens with one attached hydrogen (secondary N) is 1. The van der Waals surface area contributed by atoms with Crippen LogP contribution in [0, 0.1) is 11.8 Å². The van der Waals surface area contributed by atoms with Gasteiger partial charge >= 0.3 is 5.69 Å². The average molecular weight is 516 g/mol. The van der Waals surface area contributed by atoms with Gasteiger partial charge in [-0.2, -0.15) is 0 Å². The van der Waals surface area contributed by atoms with Crippen LogP contribution in [0.4, 0.5) is 0 Å². The molecule has 2 aliphatic heterocycles. The molecule has 4 unspecified atom stereocenters. The summed E-state index contributed by atoms with van der Waals surface area (Å²) < 4.78 is 3.09. The van der Waals surface area contributed by atoms with Gasteiger partial charge in [0.1, 0.15) is 0 Å². The zero-order chi connectivity index (χ0) is 25.8. The van der Waals surface area contributed by atoms with Crippen LogP contribution in [0.15, 0.2) is 50.9 Å². The number of H-pyrrole nitrogens is 1. The van der Waals surface area contributed by atoms with Crippen molar-refractivity contribution >= 4 is 11.0 Å². The summed E-state index contributed by atoms with van der Waals surface area (Å²) in [5, 5.41) is 0. The molecule has 4 bridgehead atoms. The van der Waals surface area contributed by atoms with E-state index in [1.165, 1.54) is 81.0 Å². The van der Waals surface area contributed by atoms with Gasteiger partial charge in [0.05, 0.1) is 11.0 Å². The van der Waals surface area contributed by atoms with Crippen molar-refractivity contribution in [1.82, 2.24) is 24.0 Å². The molecule has 8 nitrogen and oxygen atoms in total. The van der Waals surface area contributed by atoms with E-state index in [1.807, 2.05) is 28.8 Å². The van der Waals surface area contributed by atoms with Gasteiger partial charge < -0.3 is 4.57 Å². The van der Waals surface area contributed by atoms with Crippen molar-refractivity contribution in [2.75, 3.05) is 0 Å². The first-order valence-corrected chi connectivity index (χ1v) is 14.7. The van der Waals surface area contributed by atoms with Crippen molar-refractivity contribution in [3.8, 4) is 5.82 Å². The van der Waals surface area contributed by atoms with E-state index in [-0.39, 0.29) is 17.4 Å². The number of fused-ring (bicyclic) bond motifs is 5. The largest absolute Gasteiger partial charge is 0.334 e. The number of para-hydroxylation sites is 2. The molecule has 0 radical (unpaired) electrons. The molecule has 4 atom stereocenters. The van der Waals surface area contributed by atoms with Gasteiger partial charge in [-0.1, -0.05) is 44.2 Å². The van der Waals surface area contributed by atoms with E-state index >= 15 is 0 Å². The van der Waals surface area contributed by atoms with E-state index in [9.17, 15) is 14.4 Å². The molecule has 2 saturated carbocycles. The number of nitrogens with zero attached hydrogens (tertiary/aromatic N) is 4. The Kier molecular flexibility index (Phi) is 6.10. The molecule has 3 aromatic rings. The summed E-state index contributed by atoms with van der Waals surface area (Å²) in [4.78, 5) is 48.1. The van der Waals surface area contributed by atoms with Crippen molar-refractivity contribution in [1.29, 1.82) is 0 Å². The van der Waals surface area contributed by atoms with Crippen LogP contribution >= 0.6 is 0 Å². The Morgan fingerprint density at radius 1 is 0.737 bits per heavy atom. The van der Waals surface area contributed by atoms with Gasteiger partial charge in [-0.3, -0.25) is 19.5 Å². The van der Waals surface area contributed by atoms with E-state index in [2.05, 4.69) is 14.9 Å². The SMILES string of the molecule is O=c1ccn(-c2nc3ccccc3n(C3CC4CCCC(C3)N4C3CC4CCCCC(C4)C3)c2=O)c(=O)[nH]1. The number of piperidine rings is 2. The Hall–Kier alpha value is -3.00. The van der Waals surface area contributed by atoms with Crippen LogP contribution in [0.25, 0.3) is 16.9 Å². The maximum atomic E-state index is 14.0. The topological polar surface area (TPSA) is 93.0 Å². The zero-order valence-electron chi connectivity index (χ0n) is 21.9. The minimum Gasteiger partial charge on any atom is -0.300 e. The van der Waals surface area contributed by atoms with Gasteiger partial charge in [-0.25, -0.2) is 14.3 Å². The molecular weight excluding hydrogens is 478 g/mol. The van der Waals surface area contributed by atoms with Gasteiger partial charge in [0.15, 0.2) is 0 Å². The third-order valence-corrected chi connectivity index (χ3v) is 9.98. The average Bonchev–Trinajstić information content (AvgIpc) is 3.07. The highest BCUT2D eigenvalue weighted by Crippen LogP contribution is 2.47. The Morgan fingerprint density at radius 2 is 1.45 bits per heavy atom. The Morgan fingerprint density at radius 3 is 2.16 bits per heavy atom. The summed E-state index contributed by atoms with van der Waals surface area (Å²) in [5.74, 6) is 1.84. The second-order valence-corrected chi connectivity index (χ2v) is 12.3. The van der Waals surface area contributed by atoms with Gasteiger partial charge in [0.25, 0.3) is 11.1 Å². The molecule has 4 fully saturated rings. The lowest BCUT2D eigenvalue weighted by Gasteiger charge is -2.54. The summed E-state index contributed by atoms with van der Waals surface area (Å²) in [7, 11) is 0. The molecule has 4 heterocycles. The van der Waals surface area contributed by atoms with Crippen LogP contribution in [0.1, 0.15) is 83.1 Å². The fourth-order valence-corrected chi connectivity index (χ4v) is 8.55. The lowest BCUT2D eigenvalue weighted by Crippen LogP contribution is -2.58. The summed E-state index contributed by atoms with van der Waals surface area (Å²) in [6, 6.07) is 10.7. The molecule has 200 valence electrons. The maximum absolute atomic E-state index is 14.0. The first-order valence-electron chi connectivity index (χ1n) is 14.7. The fraction of sp³-hybridized carbons (Fsp3) is 0.600. The van der Waals surface area contributed by atoms with Crippen LogP contribution < -0.4 is 16.8 Å². The monoisotopic (exact) mass is 515 g/mol. The van der Waals surface area contributed by atoms with Crippen LogP contribution in [0.5, 0.6) is 0 Å². The summed E-state index contributed by atoms with van der Waals surface area (Å²) in [5.41, 5.74) is 0.102. The summed E-state index contributed by atoms with van der Waals surface area (Å²) in [6.45, 7) is 0. The second kappa shape index (κ2) is 9.63. The van der Waals surface area contributed by atoms with Crippen molar-refractivity contribution < 1.29 is 0 Å². The third kappa shape index (κ3) is 4.17. The first-order chi connectivity index (χ1) is 18.5. The summed E-state index contributed by atoms with van der Waals surface area (Å²) >= 11 is 0. The van der Waals surface area contributed by atoms with Gasteiger partial charge in [-0.05, 0) is 68.9 Å². The molecule has 0 amide bonds. The van der Waals surface area contributed by atoms with Crippen molar-refractivity contribution in [2.24, 2.45) is 11.8 Å². The fourth-order valence-electron chi connectivity index (χ4n) is 8.55. The zero-order valence-corrected chi connectivity index (χ0v) is 21.9. The Labute approximate surface area is 221 Å². The van der Waals surface area contributed by atoms with Crippen LogP contribution in [-0.4, -0.2) is 42.1 Å². The molecule has 38 heavy (non-hydrogen) atoms. The van der Waals surface area contributed by atoms with Gasteiger partial charge in [0, 0.05) is 36.4 Å². The first kappa shape index (κ1) is 24.1. The molecule has 2 aromatic heterocycles. The minimum absolute atomic E-state index is 0.0499. The lowest BCUT2D eigenvalue weighted by molar-refractivity contribution is -0.0420. The molecule has 1 aromatic carbocycles. The van der Waals surface area contributed by atoms with E-state index in [4.69, 9.17) is 0 Å². The summed E-state index contributed by atoms with van der Waals surface area (Å²) in [6.07, 6.45) is 16.7. The van der Waals surface area contributed by atoms with Crippen LogP contribution in [0.3, 0.4) is 0 Å². The molecular formula is C30H37N5O3. The molecule has 7 rings (SSSR count). The second-order valence-electron chi connectivity index (χ2n) is 12.3. The molecule has 2 saturated heterocycles. The van der Waals surface area contributed by atoms with Crippen molar-refractivity contribution in [2.45, 2.75) is 101 Å². The number of rotatable bonds is 3. The number of aromatic nitrogens is 4. The van der Waals surface area contributed by atoms with Gasteiger partial charge in [-0.15, -0.1) is 0 Å². The molecule has 0 spiro atoms. The van der Waals surface area contributed by atoms with Gasteiger partial charge in [0.2, 0.25) is 5.82 Å². The van der Waals surface area contributed by atoms with Crippen molar-refractivity contribution in [3.63, 3.8) is 0 Å². The number of benzene rings is 1. The number of hydrogen-bond donors (Lipinski definition) is 1. The Bertz CT molecular complexity index is 1490. The molecule has 8 heteroatoms. The number of hydrogen-bond acceptors (Lipinski definition) is 5. The highest BCUT2D eigenvalue weighted by atomic mass is 16.2. The highest BCUT2D eigenvalue weighted by Gasteiger charge is 2.45. The predicted molar refractivity (Wildman–Crippen MR) is 147 cm³/mol. The van der Waals surface area contributed by atoms with E-state index in [0.717, 1.165) is 30.2 Å². The highest BCUT2D eigenvalue weighted by molar-refractivity contribution is 5.75. The van der Waals surface area contributed by atoms with Crippen molar-refractivity contribution in [3.05, 3.63) is 67.7 Å². The molecule has 2 aliphatic carbocycles. The predicted octanol–water partition coefficient (Wildman–Crippen LogP) is 4.15. The third-order valence-electron chi connectivity index (χ3n) is 9.98. The maximum Gasteiger partial charge on any atom is 0.334 e.